The van der Waals surface area contributed by atoms with Crippen LogP contribution >= 0.6 is 0 Å². The summed E-state index contributed by atoms with van der Waals surface area (Å²) in [6.45, 7) is 2.13. The van der Waals surface area contributed by atoms with Crippen molar-refractivity contribution >= 4 is 22.5 Å². The number of hydrogen-bond donors (Lipinski definition) is 1. The van der Waals surface area contributed by atoms with Crippen molar-refractivity contribution in [3.05, 3.63) is 88.7 Å². The van der Waals surface area contributed by atoms with Crippen molar-refractivity contribution in [1.82, 2.24) is 15.0 Å². The Morgan fingerprint density at radius 3 is 2.57 bits per heavy atom. The van der Waals surface area contributed by atoms with Gasteiger partial charge < -0.3 is 10.1 Å². The molecule has 0 bridgehead atoms. The van der Waals surface area contributed by atoms with Gasteiger partial charge in [-0.3, -0.25) is 9.59 Å². The third-order valence-electron chi connectivity index (χ3n) is 4.59. The van der Waals surface area contributed by atoms with Gasteiger partial charge in [0.1, 0.15) is 11.3 Å². The van der Waals surface area contributed by atoms with Gasteiger partial charge in [-0.05, 0) is 43.3 Å². The van der Waals surface area contributed by atoms with Crippen LogP contribution in [0.1, 0.15) is 12.0 Å². The maximum absolute atomic E-state index is 12.5. The molecule has 0 aliphatic carbocycles. The SMILES string of the molecule is Cc1ccc(Oc2ccccc2NC(=O)CCn2nnc3ccccc3c2=O)cc1. The summed E-state index contributed by atoms with van der Waals surface area (Å²) in [6.07, 6.45) is 0.0752. The van der Waals surface area contributed by atoms with Crippen molar-refractivity contribution in [2.75, 3.05) is 5.32 Å². The molecule has 0 saturated carbocycles. The lowest BCUT2D eigenvalue weighted by Gasteiger charge is -2.12. The monoisotopic (exact) mass is 400 g/mol. The second kappa shape index (κ2) is 8.57. The van der Waals surface area contributed by atoms with E-state index in [4.69, 9.17) is 4.74 Å². The largest absolute Gasteiger partial charge is 0.455 e. The van der Waals surface area contributed by atoms with E-state index in [1.54, 1.807) is 36.4 Å². The van der Waals surface area contributed by atoms with Gasteiger partial charge in [-0.25, -0.2) is 4.68 Å². The molecule has 0 spiro atoms. The smallest absolute Gasteiger partial charge is 0.277 e. The lowest BCUT2D eigenvalue weighted by atomic mass is 10.2. The lowest BCUT2D eigenvalue weighted by molar-refractivity contribution is -0.116. The predicted molar refractivity (Wildman–Crippen MR) is 115 cm³/mol. The number of carbonyl (C=O) groups excluding carboxylic acids is 1. The van der Waals surface area contributed by atoms with Crippen LogP contribution < -0.4 is 15.6 Å². The average molecular weight is 400 g/mol. The number of nitrogens with zero attached hydrogens (tertiary/aromatic N) is 3. The molecule has 1 amide bonds. The van der Waals surface area contributed by atoms with Crippen molar-refractivity contribution in [3.63, 3.8) is 0 Å². The van der Waals surface area contributed by atoms with Crippen LogP contribution in [0.25, 0.3) is 10.9 Å². The van der Waals surface area contributed by atoms with E-state index in [1.165, 1.54) is 4.68 Å². The number of fused-ring (bicyclic) bond motifs is 1. The van der Waals surface area contributed by atoms with Gasteiger partial charge in [-0.2, -0.15) is 0 Å². The van der Waals surface area contributed by atoms with Crippen LogP contribution in [0.2, 0.25) is 0 Å². The highest BCUT2D eigenvalue weighted by molar-refractivity contribution is 5.92. The van der Waals surface area contributed by atoms with E-state index < -0.39 is 0 Å². The second-order valence-electron chi connectivity index (χ2n) is 6.84. The van der Waals surface area contributed by atoms with Crippen LogP contribution in [-0.4, -0.2) is 20.9 Å². The van der Waals surface area contributed by atoms with E-state index in [0.717, 1.165) is 5.56 Å². The summed E-state index contributed by atoms with van der Waals surface area (Å²) in [5.41, 5.74) is 1.96. The normalized spacial score (nSPS) is 10.7. The molecule has 1 heterocycles. The number of aromatic nitrogens is 3. The number of benzene rings is 3. The molecule has 4 rings (SSSR count). The van der Waals surface area contributed by atoms with E-state index in [-0.39, 0.29) is 24.4 Å². The molecule has 7 heteroatoms. The maximum Gasteiger partial charge on any atom is 0.277 e. The first-order valence-corrected chi connectivity index (χ1v) is 9.56. The van der Waals surface area contributed by atoms with E-state index in [0.29, 0.717) is 28.1 Å². The summed E-state index contributed by atoms with van der Waals surface area (Å²) in [4.78, 5) is 25.0. The number of rotatable bonds is 6. The molecule has 4 aromatic rings. The Balaban J connectivity index is 1.44. The molecule has 1 N–H and O–H groups in total. The summed E-state index contributed by atoms with van der Waals surface area (Å²) in [5, 5.41) is 11.3. The molecule has 0 radical (unpaired) electrons. The van der Waals surface area contributed by atoms with E-state index in [1.807, 2.05) is 43.3 Å². The third-order valence-corrected chi connectivity index (χ3v) is 4.59. The Hall–Kier alpha value is -4.00. The molecule has 0 saturated heterocycles. The first-order chi connectivity index (χ1) is 14.6. The summed E-state index contributed by atoms with van der Waals surface area (Å²) in [7, 11) is 0. The molecule has 1 aromatic heterocycles. The predicted octanol–water partition coefficient (Wildman–Crippen LogP) is 3.92. The number of ether oxygens (including phenoxy) is 1. The summed E-state index contributed by atoms with van der Waals surface area (Å²) in [6, 6.07) is 21.9. The zero-order chi connectivity index (χ0) is 20.9. The van der Waals surface area contributed by atoms with Crippen molar-refractivity contribution in [1.29, 1.82) is 0 Å². The molecule has 7 nitrogen and oxygen atoms in total. The van der Waals surface area contributed by atoms with Crippen LogP contribution in [0.15, 0.2) is 77.6 Å². The molecule has 0 fully saturated rings. The zero-order valence-electron chi connectivity index (χ0n) is 16.4. The van der Waals surface area contributed by atoms with Gasteiger partial charge in [0.25, 0.3) is 5.56 Å². The number of nitrogens with one attached hydrogen (secondary N) is 1. The number of hydrogen-bond acceptors (Lipinski definition) is 5. The fourth-order valence-electron chi connectivity index (χ4n) is 2.98. The van der Waals surface area contributed by atoms with Gasteiger partial charge >= 0.3 is 0 Å². The van der Waals surface area contributed by atoms with E-state index in [9.17, 15) is 9.59 Å². The van der Waals surface area contributed by atoms with Crippen molar-refractivity contribution in [3.8, 4) is 11.5 Å². The average Bonchev–Trinajstić information content (AvgIpc) is 2.76. The number of anilines is 1. The number of amides is 1. The lowest BCUT2D eigenvalue weighted by Crippen LogP contribution is -2.26. The fraction of sp³-hybridized carbons (Fsp3) is 0.130. The van der Waals surface area contributed by atoms with Crippen LogP contribution in [0.4, 0.5) is 5.69 Å². The number of para-hydroxylation sites is 2. The van der Waals surface area contributed by atoms with Gasteiger partial charge in [-0.15, -0.1) is 5.10 Å². The highest BCUT2D eigenvalue weighted by Crippen LogP contribution is 2.29. The molecule has 0 aliphatic heterocycles. The minimum atomic E-state index is -0.267. The minimum absolute atomic E-state index is 0.0752. The van der Waals surface area contributed by atoms with E-state index >= 15 is 0 Å². The van der Waals surface area contributed by atoms with Crippen LogP contribution in [0, 0.1) is 6.92 Å². The van der Waals surface area contributed by atoms with Crippen LogP contribution in [-0.2, 0) is 11.3 Å². The van der Waals surface area contributed by atoms with E-state index in [2.05, 4.69) is 15.6 Å². The first kappa shape index (κ1) is 19.3. The van der Waals surface area contributed by atoms with Gasteiger partial charge in [0.2, 0.25) is 5.91 Å². The van der Waals surface area contributed by atoms with Gasteiger partial charge in [0, 0.05) is 6.42 Å². The Morgan fingerprint density at radius 2 is 1.73 bits per heavy atom. The first-order valence-electron chi connectivity index (χ1n) is 9.56. The standard InChI is InChI=1S/C23H20N4O3/c1-16-10-12-17(13-11-16)30-21-9-5-4-8-20(21)24-22(28)14-15-27-23(29)18-6-2-3-7-19(18)25-26-27/h2-13H,14-15H2,1H3,(H,24,28). The van der Waals surface area contributed by atoms with Crippen molar-refractivity contribution in [2.45, 2.75) is 19.9 Å². The minimum Gasteiger partial charge on any atom is -0.455 e. The zero-order valence-corrected chi connectivity index (χ0v) is 16.4. The van der Waals surface area contributed by atoms with Crippen LogP contribution in [0.3, 0.4) is 0 Å². The Labute approximate surface area is 172 Å². The van der Waals surface area contributed by atoms with Crippen molar-refractivity contribution < 1.29 is 9.53 Å². The third kappa shape index (κ3) is 4.35. The summed E-state index contributed by atoms with van der Waals surface area (Å²) < 4.78 is 7.11. The van der Waals surface area contributed by atoms with Gasteiger partial charge in [0.05, 0.1) is 17.6 Å². The molecule has 30 heavy (non-hydrogen) atoms. The Kier molecular flexibility index (Phi) is 5.52. The number of carbonyl (C=O) groups is 1. The quantitative estimate of drug-likeness (QED) is 0.530. The summed E-state index contributed by atoms with van der Waals surface area (Å²) >= 11 is 0. The Morgan fingerprint density at radius 1 is 1.00 bits per heavy atom. The topological polar surface area (TPSA) is 86.1 Å². The molecule has 0 atom stereocenters. The molecule has 0 unspecified atom stereocenters. The Bertz CT molecular complexity index is 1250. The van der Waals surface area contributed by atoms with Gasteiger partial charge in [0.15, 0.2) is 5.75 Å². The molecule has 3 aromatic carbocycles. The van der Waals surface area contributed by atoms with Gasteiger partial charge in [-0.1, -0.05) is 47.2 Å². The number of aryl methyl sites for hydroxylation is 2. The summed E-state index contributed by atoms with van der Waals surface area (Å²) in [5.74, 6) is 0.967. The molecular weight excluding hydrogens is 380 g/mol. The highest BCUT2D eigenvalue weighted by atomic mass is 16.5. The fourth-order valence-corrected chi connectivity index (χ4v) is 2.98. The highest BCUT2D eigenvalue weighted by Gasteiger charge is 2.11. The molecule has 0 aliphatic rings. The molecule has 150 valence electrons. The maximum atomic E-state index is 12.5. The second-order valence-corrected chi connectivity index (χ2v) is 6.84. The van der Waals surface area contributed by atoms with Crippen LogP contribution in [0.5, 0.6) is 11.5 Å². The van der Waals surface area contributed by atoms with Crippen molar-refractivity contribution in [2.24, 2.45) is 0 Å². The molecular formula is C23H20N4O3.